The minimum atomic E-state index is -0.766. The summed E-state index contributed by atoms with van der Waals surface area (Å²) in [6.45, 7) is 10.5. The van der Waals surface area contributed by atoms with Crippen LogP contribution in [0.15, 0.2) is 60.8 Å². The van der Waals surface area contributed by atoms with E-state index in [0.29, 0.717) is 35.7 Å². The highest BCUT2D eigenvalue weighted by Gasteiger charge is 2.30. The second-order valence-electron chi connectivity index (χ2n) is 11.3. The number of benzene rings is 2. The van der Waals surface area contributed by atoms with Gasteiger partial charge in [0.2, 0.25) is 5.95 Å². The van der Waals surface area contributed by atoms with Crippen molar-refractivity contribution in [3.63, 3.8) is 0 Å². The average Bonchev–Trinajstić information content (AvgIpc) is 2.90. The molecule has 3 rings (SSSR count). The van der Waals surface area contributed by atoms with Crippen molar-refractivity contribution in [2.75, 3.05) is 17.2 Å². The predicted molar refractivity (Wildman–Crippen MR) is 161 cm³/mol. The van der Waals surface area contributed by atoms with E-state index >= 15 is 0 Å². The summed E-state index contributed by atoms with van der Waals surface area (Å²) in [6.07, 6.45) is 0.880. The fraction of sp³-hybridized carbons (Fsp3) is 0.344. The molecule has 2 amide bonds. The number of hydrogen-bond acceptors (Lipinski definition) is 9. The zero-order valence-corrected chi connectivity index (χ0v) is 24.8. The van der Waals surface area contributed by atoms with Gasteiger partial charge < -0.3 is 20.1 Å². The molecule has 0 saturated heterocycles. The highest BCUT2D eigenvalue weighted by Crippen LogP contribution is 2.21. The van der Waals surface area contributed by atoms with Gasteiger partial charge in [-0.15, -0.1) is 0 Å². The molecule has 0 saturated carbocycles. The molecule has 1 heterocycles. The Kier molecular flexibility index (Phi) is 10.5. The van der Waals surface area contributed by atoms with E-state index in [4.69, 9.17) is 14.7 Å². The second kappa shape index (κ2) is 14.0. The van der Waals surface area contributed by atoms with Crippen LogP contribution in [0.4, 0.5) is 32.7 Å². The normalized spacial score (nSPS) is 10.9. The third-order valence-corrected chi connectivity index (χ3v) is 5.23. The maximum Gasteiger partial charge on any atom is 0.419 e. The molecular weight excluding hydrogens is 532 g/mol. The molecule has 0 aliphatic rings. The van der Waals surface area contributed by atoms with Crippen LogP contribution in [-0.4, -0.2) is 44.8 Å². The molecule has 42 heavy (non-hydrogen) atoms. The first kappa shape index (κ1) is 31.4. The molecular formula is C32H36N6O4. The number of para-hydroxylation sites is 1. The Bertz CT molecular complexity index is 1450. The lowest BCUT2D eigenvalue weighted by atomic mass is 10.2. The Balaban J connectivity index is 1.75. The molecule has 0 unspecified atom stereocenters. The molecule has 2 N–H and O–H groups in total. The number of rotatable bonds is 7. The molecule has 0 aliphatic heterocycles. The van der Waals surface area contributed by atoms with Crippen LogP contribution >= 0.6 is 0 Å². The van der Waals surface area contributed by atoms with Crippen molar-refractivity contribution in [3.8, 4) is 17.9 Å². The first-order valence-corrected chi connectivity index (χ1v) is 13.5. The lowest BCUT2D eigenvalue weighted by molar-refractivity contribution is 0.00135. The lowest BCUT2D eigenvalue weighted by Crippen LogP contribution is -2.44. The van der Waals surface area contributed by atoms with Crippen LogP contribution in [0.5, 0.6) is 0 Å². The zero-order chi connectivity index (χ0) is 30.8. The van der Waals surface area contributed by atoms with Crippen LogP contribution in [0.3, 0.4) is 0 Å². The Morgan fingerprint density at radius 1 is 0.881 bits per heavy atom. The monoisotopic (exact) mass is 568 g/mol. The largest absolute Gasteiger partial charge is 0.443 e. The molecule has 0 bridgehead atoms. The number of imide groups is 1. The van der Waals surface area contributed by atoms with Crippen molar-refractivity contribution in [2.24, 2.45) is 0 Å². The van der Waals surface area contributed by atoms with Crippen LogP contribution < -0.4 is 10.6 Å². The number of amides is 2. The topological polar surface area (TPSA) is 129 Å². The fourth-order valence-corrected chi connectivity index (χ4v) is 3.42. The zero-order valence-electron chi connectivity index (χ0n) is 24.8. The maximum absolute atomic E-state index is 12.7. The Morgan fingerprint density at radius 3 is 2.05 bits per heavy atom. The molecule has 10 nitrogen and oxygen atoms in total. The van der Waals surface area contributed by atoms with E-state index in [1.165, 1.54) is 0 Å². The average molecular weight is 569 g/mol. The van der Waals surface area contributed by atoms with E-state index in [9.17, 15) is 9.59 Å². The third-order valence-electron chi connectivity index (χ3n) is 5.23. The summed E-state index contributed by atoms with van der Waals surface area (Å²) in [5.74, 6) is 7.04. The number of hydrogen-bond donors (Lipinski definition) is 2. The third kappa shape index (κ3) is 10.5. The van der Waals surface area contributed by atoms with Gasteiger partial charge in [-0.05, 0) is 84.4 Å². The fourth-order valence-electron chi connectivity index (χ4n) is 3.42. The van der Waals surface area contributed by atoms with E-state index in [0.717, 1.165) is 16.3 Å². The first-order chi connectivity index (χ1) is 19.8. The highest BCUT2D eigenvalue weighted by molar-refractivity contribution is 5.88. The summed E-state index contributed by atoms with van der Waals surface area (Å²) in [4.78, 5) is 35.4. The number of ether oxygens (including phenoxy) is 2. The molecule has 0 atom stereocenters. The van der Waals surface area contributed by atoms with Crippen molar-refractivity contribution in [3.05, 3.63) is 71.9 Å². The molecule has 0 radical (unpaired) electrons. The van der Waals surface area contributed by atoms with Crippen LogP contribution in [0.2, 0.25) is 0 Å². The molecule has 1 aromatic heterocycles. The van der Waals surface area contributed by atoms with Gasteiger partial charge in [0.1, 0.15) is 11.2 Å². The number of carbonyl (C=O) groups is 2. The minimum absolute atomic E-state index is 0.0809. The summed E-state index contributed by atoms with van der Waals surface area (Å²) in [5, 5.41) is 15.4. The molecule has 0 spiro atoms. The van der Waals surface area contributed by atoms with Gasteiger partial charge >= 0.3 is 12.2 Å². The van der Waals surface area contributed by atoms with Gasteiger partial charge in [-0.1, -0.05) is 30.0 Å². The lowest BCUT2D eigenvalue weighted by Gasteiger charge is -2.28. The summed E-state index contributed by atoms with van der Waals surface area (Å²) in [5.41, 5.74) is 1.16. The molecule has 218 valence electrons. The molecule has 0 aliphatic carbocycles. The van der Waals surface area contributed by atoms with Crippen molar-refractivity contribution >= 4 is 35.3 Å². The van der Waals surface area contributed by atoms with Gasteiger partial charge in [0, 0.05) is 24.3 Å². The number of anilines is 4. The quantitative estimate of drug-likeness (QED) is 0.226. The van der Waals surface area contributed by atoms with E-state index in [2.05, 4.69) is 38.5 Å². The van der Waals surface area contributed by atoms with Crippen LogP contribution in [-0.2, 0) is 9.47 Å². The number of nitrogens with one attached hydrogen (secondary N) is 2. The maximum atomic E-state index is 12.7. The minimum Gasteiger partial charge on any atom is -0.443 e. The van der Waals surface area contributed by atoms with E-state index in [-0.39, 0.29) is 6.54 Å². The summed E-state index contributed by atoms with van der Waals surface area (Å²) < 4.78 is 10.8. The Hall–Kier alpha value is -5.09. The predicted octanol–water partition coefficient (Wildman–Crippen LogP) is 7.14. The van der Waals surface area contributed by atoms with Gasteiger partial charge in [0.25, 0.3) is 0 Å². The number of nitriles is 1. The van der Waals surface area contributed by atoms with Crippen LogP contribution in [0.1, 0.15) is 65.5 Å². The number of carbonyl (C=O) groups excluding carboxylic acids is 2. The van der Waals surface area contributed by atoms with E-state index < -0.39 is 23.4 Å². The van der Waals surface area contributed by atoms with Gasteiger partial charge in [0.15, 0.2) is 5.82 Å². The second-order valence-corrected chi connectivity index (χ2v) is 11.3. The number of unbranched alkanes of at least 4 members (excludes halogenated alkanes) is 1. The molecule has 10 heteroatoms. The molecule has 3 aromatic rings. The Labute approximate surface area is 247 Å². The first-order valence-electron chi connectivity index (χ1n) is 13.5. The van der Waals surface area contributed by atoms with Crippen molar-refractivity contribution in [1.29, 1.82) is 5.26 Å². The summed E-state index contributed by atoms with van der Waals surface area (Å²) >= 11 is 0. The van der Waals surface area contributed by atoms with Crippen molar-refractivity contribution in [2.45, 2.75) is 65.6 Å². The number of aromatic nitrogens is 2. The van der Waals surface area contributed by atoms with Gasteiger partial charge in [-0.25, -0.2) is 19.5 Å². The number of nitrogens with zero attached hydrogens (tertiary/aromatic N) is 4. The summed E-state index contributed by atoms with van der Waals surface area (Å²) in [6, 6.07) is 18.6. The van der Waals surface area contributed by atoms with Crippen molar-refractivity contribution in [1.82, 2.24) is 14.9 Å². The highest BCUT2D eigenvalue weighted by atomic mass is 16.6. The van der Waals surface area contributed by atoms with Crippen LogP contribution in [0.25, 0.3) is 0 Å². The van der Waals surface area contributed by atoms with E-state index in [1.54, 1.807) is 72.0 Å². The van der Waals surface area contributed by atoms with Gasteiger partial charge in [0.05, 0.1) is 23.4 Å². The van der Waals surface area contributed by atoms with Crippen LogP contribution in [0, 0.1) is 23.2 Å². The standard InChI is InChI=1S/C32H36N6O4/c1-31(2,3)41-29(39)38(30(40)42-32(4,5)6)20-12-8-9-13-24-22-34-28(36-26-18-16-23(21-33)17-19-26)37-27(24)35-25-14-10-7-11-15-25/h7,10-11,14-19,22H,8,12,20H2,1-6H3,(H2,34,35,36,37). The SMILES string of the molecule is CC(C)(C)OC(=O)N(CCCC#Cc1cnc(Nc2ccc(C#N)cc2)nc1Nc1ccccc1)C(=O)OC(C)(C)C. The van der Waals surface area contributed by atoms with Gasteiger partial charge in [-0.2, -0.15) is 10.2 Å². The van der Waals surface area contributed by atoms with Gasteiger partial charge in [-0.3, -0.25) is 0 Å². The smallest absolute Gasteiger partial charge is 0.419 e. The summed E-state index contributed by atoms with van der Waals surface area (Å²) in [7, 11) is 0. The molecule has 2 aromatic carbocycles. The van der Waals surface area contributed by atoms with Crippen molar-refractivity contribution < 1.29 is 19.1 Å². The molecule has 0 fully saturated rings. The Morgan fingerprint density at radius 2 is 1.48 bits per heavy atom. The van der Waals surface area contributed by atoms with E-state index in [1.807, 2.05) is 30.3 Å².